The lowest BCUT2D eigenvalue weighted by Gasteiger charge is -2.08. The summed E-state index contributed by atoms with van der Waals surface area (Å²) in [4.78, 5) is 9.04. The molecule has 0 aliphatic rings. The van der Waals surface area contributed by atoms with E-state index < -0.39 is 0 Å². The van der Waals surface area contributed by atoms with Crippen LogP contribution in [0.3, 0.4) is 0 Å². The fourth-order valence-corrected chi connectivity index (χ4v) is 1.83. The summed E-state index contributed by atoms with van der Waals surface area (Å²) in [6.45, 7) is 7.07. The van der Waals surface area contributed by atoms with Gasteiger partial charge in [-0.2, -0.15) is 5.10 Å². The molecule has 0 saturated heterocycles. The molecule has 0 spiro atoms. The first-order valence-corrected chi connectivity index (χ1v) is 6.21. The molecule has 2 aromatic heterocycles. The van der Waals surface area contributed by atoms with E-state index in [4.69, 9.17) is 0 Å². The average molecular weight is 245 g/mol. The molecule has 0 aromatic carbocycles. The third kappa shape index (κ3) is 2.34. The van der Waals surface area contributed by atoms with Crippen molar-refractivity contribution in [3.63, 3.8) is 0 Å². The lowest BCUT2D eigenvalue weighted by molar-refractivity contribution is 0.603. The summed E-state index contributed by atoms with van der Waals surface area (Å²) in [5.74, 6) is 1.60. The summed E-state index contributed by atoms with van der Waals surface area (Å²) in [6.07, 6.45) is 4.88. The highest BCUT2D eigenvalue weighted by Crippen LogP contribution is 2.20. The number of aryl methyl sites for hydroxylation is 2. The molecule has 0 atom stereocenters. The Hall–Kier alpha value is -1.91. The summed E-state index contributed by atoms with van der Waals surface area (Å²) < 4.78 is 1.92. The van der Waals surface area contributed by atoms with Crippen molar-refractivity contribution in [2.75, 3.05) is 12.4 Å². The largest absolute Gasteiger partial charge is 0.373 e. The maximum absolute atomic E-state index is 4.52. The zero-order chi connectivity index (χ0) is 13.1. The van der Waals surface area contributed by atoms with Crippen molar-refractivity contribution in [2.45, 2.75) is 33.7 Å². The summed E-state index contributed by atoms with van der Waals surface area (Å²) in [5, 5.41) is 7.41. The van der Waals surface area contributed by atoms with Crippen molar-refractivity contribution in [2.24, 2.45) is 0 Å². The minimum absolute atomic E-state index is 0.727. The molecule has 18 heavy (non-hydrogen) atoms. The maximum Gasteiger partial charge on any atom is 0.164 e. The maximum atomic E-state index is 4.52. The SMILES string of the molecule is CCCn1cc(-c2nc(C)c(C)c(NC)n2)cn1. The molecule has 0 aliphatic carbocycles. The number of aromatic nitrogens is 4. The summed E-state index contributed by atoms with van der Waals surface area (Å²) in [7, 11) is 1.87. The van der Waals surface area contributed by atoms with Gasteiger partial charge in [0.15, 0.2) is 5.82 Å². The molecule has 1 N–H and O–H groups in total. The Bertz CT molecular complexity index is 544. The van der Waals surface area contributed by atoms with Crippen LogP contribution >= 0.6 is 0 Å². The topological polar surface area (TPSA) is 55.6 Å². The molecule has 0 aliphatic heterocycles. The highest BCUT2D eigenvalue weighted by molar-refractivity contribution is 5.57. The van der Waals surface area contributed by atoms with Crippen LogP contribution in [0.4, 0.5) is 5.82 Å². The Morgan fingerprint density at radius 2 is 2.06 bits per heavy atom. The second-order valence-electron chi connectivity index (χ2n) is 4.35. The van der Waals surface area contributed by atoms with Crippen LogP contribution in [-0.4, -0.2) is 26.8 Å². The number of rotatable bonds is 4. The zero-order valence-electron chi connectivity index (χ0n) is 11.4. The fourth-order valence-electron chi connectivity index (χ4n) is 1.83. The first-order valence-electron chi connectivity index (χ1n) is 6.21. The van der Waals surface area contributed by atoms with Gasteiger partial charge in [-0.05, 0) is 20.3 Å². The van der Waals surface area contributed by atoms with Crippen LogP contribution in [0.15, 0.2) is 12.4 Å². The van der Waals surface area contributed by atoms with Crippen molar-refractivity contribution >= 4 is 5.82 Å². The van der Waals surface area contributed by atoms with E-state index in [1.54, 1.807) is 0 Å². The van der Waals surface area contributed by atoms with Gasteiger partial charge in [-0.1, -0.05) is 6.92 Å². The predicted octanol–water partition coefficient (Wildman–Crippen LogP) is 2.41. The van der Waals surface area contributed by atoms with E-state index in [1.807, 2.05) is 38.0 Å². The molecule has 2 aromatic rings. The second-order valence-corrected chi connectivity index (χ2v) is 4.35. The van der Waals surface area contributed by atoms with Crippen LogP contribution in [0.1, 0.15) is 24.6 Å². The van der Waals surface area contributed by atoms with Crippen LogP contribution in [0.2, 0.25) is 0 Å². The zero-order valence-corrected chi connectivity index (χ0v) is 11.4. The van der Waals surface area contributed by atoms with Crippen molar-refractivity contribution in [3.05, 3.63) is 23.7 Å². The van der Waals surface area contributed by atoms with Gasteiger partial charge in [-0.15, -0.1) is 0 Å². The lowest BCUT2D eigenvalue weighted by atomic mass is 10.2. The first-order chi connectivity index (χ1) is 8.65. The van der Waals surface area contributed by atoms with Crippen molar-refractivity contribution in [3.8, 4) is 11.4 Å². The van der Waals surface area contributed by atoms with Crippen molar-refractivity contribution in [1.82, 2.24) is 19.7 Å². The van der Waals surface area contributed by atoms with Crippen LogP contribution in [0, 0.1) is 13.8 Å². The molecule has 0 saturated carbocycles. The van der Waals surface area contributed by atoms with Crippen LogP contribution < -0.4 is 5.32 Å². The minimum atomic E-state index is 0.727. The van der Waals surface area contributed by atoms with E-state index in [0.717, 1.165) is 41.4 Å². The number of nitrogens with one attached hydrogen (secondary N) is 1. The molecule has 5 heteroatoms. The fraction of sp³-hybridized carbons (Fsp3) is 0.462. The molecular weight excluding hydrogens is 226 g/mol. The minimum Gasteiger partial charge on any atom is -0.373 e. The van der Waals surface area contributed by atoms with Crippen LogP contribution in [0.5, 0.6) is 0 Å². The van der Waals surface area contributed by atoms with Gasteiger partial charge in [0.25, 0.3) is 0 Å². The molecule has 0 bridgehead atoms. The average Bonchev–Trinajstić information content (AvgIpc) is 2.81. The molecule has 0 fully saturated rings. The second kappa shape index (κ2) is 5.16. The smallest absolute Gasteiger partial charge is 0.164 e. The van der Waals surface area contributed by atoms with Crippen LogP contribution in [-0.2, 0) is 6.54 Å². The molecule has 2 rings (SSSR count). The molecule has 0 unspecified atom stereocenters. The third-order valence-corrected chi connectivity index (χ3v) is 2.97. The van der Waals surface area contributed by atoms with Gasteiger partial charge in [-0.25, -0.2) is 9.97 Å². The van der Waals surface area contributed by atoms with Crippen molar-refractivity contribution < 1.29 is 0 Å². The van der Waals surface area contributed by atoms with Gasteiger partial charge >= 0.3 is 0 Å². The van der Waals surface area contributed by atoms with E-state index in [1.165, 1.54) is 0 Å². The number of hydrogen-bond acceptors (Lipinski definition) is 4. The summed E-state index contributed by atoms with van der Waals surface area (Å²) >= 11 is 0. The van der Waals surface area contributed by atoms with E-state index in [0.29, 0.717) is 0 Å². The molecule has 0 amide bonds. The third-order valence-electron chi connectivity index (χ3n) is 2.97. The Kier molecular flexibility index (Phi) is 3.60. The molecule has 96 valence electrons. The monoisotopic (exact) mass is 245 g/mol. The lowest BCUT2D eigenvalue weighted by Crippen LogP contribution is -2.02. The van der Waals surface area contributed by atoms with Gasteiger partial charge < -0.3 is 5.32 Å². The van der Waals surface area contributed by atoms with Gasteiger partial charge in [0.2, 0.25) is 0 Å². The number of nitrogens with zero attached hydrogens (tertiary/aromatic N) is 4. The standard InChI is InChI=1S/C13H19N5/c1-5-6-18-8-11(7-15-18)13-16-10(3)9(2)12(14-4)17-13/h7-8H,5-6H2,1-4H3,(H,14,16,17). The molecule has 5 nitrogen and oxygen atoms in total. The van der Waals surface area contributed by atoms with E-state index >= 15 is 0 Å². The Labute approximate surface area is 107 Å². The van der Waals surface area contributed by atoms with E-state index in [-0.39, 0.29) is 0 Å². The summed E-state index contributed by atoms with van der Waals surface area (Å²) in [5.41, 5.74) is 3.04. The number of hydrogen-bond donors (Lipinski definition) is 1. The quantitative estimate of drug-likeness (QED) is 0.898. The molecule has 2 heterocycles. The molecule has 0 radical (unpaired) electrons. The van der Waals surface area contributed by atoms with Gasteiger partial charge in [0.05, 0.1) is 11.8 Å². The van der Waals surface area contributed by atoms with E-state index in [2.05, 4.69) is 27.3 Å². The van der Waals surface area contributed by atoms with Crippen LogP contribution in [0.25, 0.3) is 11.4 Å². The van der Waals surface area contributed by atoms with E-state index in [9.17, 15) is 0 Å². The first kappa shape index (κ1) is 12.5. The Balaban J connectivity index is 2.40. The highest BCUT2D eigenvalue weighted by Gasteiger charge is 2.10. The Morgan fingerprint density at radius 3 is 2.72 bits per heavy atom. The Morgan fingerprint density at radius 1 is 1.28 bits per heavy atom. The highest BCUT2D eigenvalue weighted by atomic mass is 15.3. The van der Waals surface area contributed by atoms with Gasteiger partial charge in [0.1, 0.15) is 5.82 Å². The normalized spacial score (nSPS) is 10.7. The molecular formula is C13H19N5. The predicted molar refractivity (Wildman–Crippen MR) is 72.6 cm³/mol. The van der Waals surface area contributed by atoms with Gasteiger partial charge in [0, 0.05) is 31.0 Å². The van der Waals surface area contributed by atoms with Gasteiger partial charge in [-0.3, -0.25) is 4.68 Å². The van der Waals surface area contributed by atoms with Crippen molar-refractivity contribution in [1.29, 1.82) is 0 Å². The number of anilines is 1. The summed E-state index contributed by atoms with van der Waals surface area (Å²) in [6, 6.07) is 0.